The summed E-state index contributed by atoms with van der Waals surface area (Å²) in [4.78, 5) is 11.1. The van der Waals surface area contributed by atoms with Gasteiger partial charge in [-0.25, -0.2) is 9.97 Å². The first kappa shape index (κ1) is 21.7. The molecule has 0 spiro atoms. The molecule has 1 aromatic carbocycles. The predicted octanol–water partition coefficient (Wildman–Crippen LogP) is 3.91. The second kappa shape index (κ2) is 10.1. The van der Waals surface area contributed by atoms with Gasteiger partial charge in [-0.3, -0.25) is 9.47 Å². The van der Waals surface area contributed by atoms with Gasteiger partial charge < -0.3 is 5.32 Å². The van der Waals surface area contributed by atoms with Crippen LogP contribution in [0.3, 0.4) is 0 Å². The summed E-state index contributed by atoms with van der Waals surface area (Å²) in [5, 5.41) is 4.27. The highest BCUT2D eigenvalue weighted by Gasteiger charge is 2.24. The quantitative estimate of drug-likeness (QED) is 0.687. The molecule has 0 bridgehead atoms. The van der Waals surface area contributed by atoms with E-state index in [1.807, 2.05) is 35.2 Å². The Balaban J connectivity index is 0.00000131. The van der Waals surface area contributed by atoms with Crippen LogP contribution in [0.25, 0.3) is 5.82 Å². The van der Waals surface area contributed by atoms with Crippen LogP contribution < -0.4 is 5.32 Å². The molecule has 0 radical (unpaired) electrons. The summed E-state index contributed by atoms with van der Waals surface area (Å²) in [6, 6.07) is 12.6. The molecule has 27 heavy (non-hydrogen) atoms. The van der Waals surface area contributed by atoms with E-state index in [0.717, 1.165) is 37.0 Å². The van der Waals surface area contributed by atoms with E-state index in [-0.39, 0.29) is 24.8 Å². The Morgan fingerprint density at radius 2 is 2.07 bits per heavy atom. The van der Waals surface area contributed by atoms with E-state index in [2.05, 4.69) is 38.4 Å². The summed E-state index contributed by atoms with van der Waals surface area (Å²) >= 11 is 6.18. The minimum Gasteiger partial charge on any atom is -0.314 e. The average molecular weight is 427 g/mol. The monoisotopic (exact) mass is 425 g/mol. The lowest BCUT2D eigenvalue weighted by Gasteiger charge is -2.36. The number of piperazine rings is 1. The van der Waals surface area contributed by atoms with Crippen LogP contribution in [0.2, 0.25) is 5.02 Å². The van der Waals surface area contributed by atoms with Crippen molar-refractivity contribution in [2.75, 3.05) is 19.6 Å². The van der Waals surface area contributed by atoms with Gasteiger partial charge in [0, 0.05) is 55.8 Å². The third-order valence-electron chi connectivity index (χ3n) is 4.55. The van der Waals surface area contributed by atoms with E-state index in [9.17, 15) is 0 Å². The molecular formula is C19H22Cl3N5. The lowest BCUT2D eigenvalue weighted by molar-refractivity contribution is 0.153. The molecule has 4 rings (SSSR count). The number of imidazole rings is 1. The molecule has 144 valence electrons. The first-order chi connectivity index (χ1) is 12.3. The molecule has 3 heterocycles. The maximum Gasteiger partial charge on any atom is 0.137 e. The van der Waals surface area contributed by atoms with E-state index in [1.54, 1.807) is 12.5 Å². The van der Waals surface area contributed by atoms with Crippen molar-refractivity contribution in [3.05, 3.63) is 77.5 Å². The Bertz CT molecular complexity index is 824. The Labute approximate surface area is 176 Å². The van der Waals surface area contributed by atoms with Gasteiger partial charge in [-0.1, -0.05) is 29.8 Å². The Morgan fingerprint density at radius 1 is 1.19 bits per heavy atom. The van der Waals surface area contributed by atoms with Crippen molar-refractivity contribution in [3.8, 4) is 5.82 Å². The van der Waals surface area contributed by atoms with Crippen LogP contribution >= 0.6 is 36.4 Å². The average Bonchev–Trinajstić information content (AvgIpc) is 3.18. The molecule has 5 nitrogen and oxygen atoms in total. The molecule has 1 N–H and O–H groups in total. The number of benzene rings is 1. The molecule has 0 amide bonds. The van der Waals surface area contributed by atoms with Gasteiger partial charge in [-0.15, -0.1) is 24.8 Å². The zero-order chi connectivity index (χ0) is 17.1. The number of rotatable bonds is 4. The van der Waals surface area contributed by atoms with Crippen LogP contribution in [0.1, 0.15) is 17.2 Å². The number of aromatic nitrogens is 3. The summed E-state index contributed by atoms with van der Waals surface area (Å²) in [5.41, 5.74) is 2.46. The lowest BCUT2D eigenvalue weighted by atomic mass is 10.0. The lowest BCUT2D eigenvalue weighted by Crippen LogP contribution is -2.45. The van der Waals surface area contributed by atoms with Crippen LogP contribution in [0.5, 0.6) is 0 Å². The summed E-state index contributed by atoms with van der Waals surface area (Å²) in [6.07, 6.45) is 7.36. The van der Waals surface area contributed by atoms with Gasteiger partial charge in [0.1, 0.15) is 12.1 Å². The topological polar surface area (TPSA) is 46.0 Å². The summed E-state index contributed by atoms with van der Waals surface area (Å²) in [6.45, 7) is 3.80. The van der Waals surface area contributed by atoms with Crippen molar-refractivity contribution in [3.63, 3.8) is 0 Å². The number of pyridine rings is 1. The fourth-order valence-corrected chi connectivity index (χ4v) is 3.47. The van der Waals surface area contributed by atoms with Crippen LogP contribution in [0.4, 0.5) is 0 Å². The maximum atomic E-state index is 6.18. The van der Waals surface area contributed by atoms with Crippen LogP contribution in [0.15, 0.2) is 61.3 Å². The molecule has 1 saturated heterocycles. The van der Waals surface area contributed by atoms with Gasteiger partial charge in [0.15, 0.2) is 0 Å². The largest absolute Gasteiger partial charge is 0.314 e. The first-order valence-corrected chi connectivity index (χ1v) is 8.81. The zero-order valence-electron chi connectivity index (χ0n) is 14.7. The SMILES string of the molecule is Cl.Cl.Clc1cccc(C2CNCCN2Cc2ccc(-n3ccnc3)nc2)c1. The molecule has 1 aliphatic rings. The number of halogens is 3. The van der Waals surface area contributed by atoms with Crippen molar-refractivity contribution < 1.29 is 0 Å². The number of hydrogen-bond donors (Lipinski definition) is 1. The first-order valence-electron chi connectivity index (χ1n) is 8.43. The second-order valence-electron chi connectivity index (χ2n) is 6.24. The van der Waals surface area contributed by atoms with Gasteiger partial charge in [-0.05, 0) is 29.3 Å². The Kier molecular flexibility index (Phi) is 8.07. The molecule has 1 unspecified atom stereocenters. The molecular weight excluding hydrogens is 405 g/mol. The summed E-state index contributed by atoms with van der Waals surface area (Å²) in [7, 11) is 0. The molecule has 1 atom stereocenters. The number of nitrogens with zero attached hydrogens (tertiary/aromatic N) is 4. The van der Waals surface area contributed by atoms with E-state index in [1.165, 1.54) is 11.1 Å². The molecule has 3 aromatic rings. The van der Waals surface area contributed by atoms with Crippen LogP contribution in [-0.4, -0.2) is 39.1 Å². The van der Waals surface area contributed by atoms with Gasteiger partial charge >= 0.3 is 0 Å². The smallest absolute Gasteiger partial charge is 0.137 e. The molecule has 2 aromatic heterocycles. The Hall–Kier alpha value is -1.63. The normalized spacial score (nSPS) is 17.0. The highest BCUT2D eigenvalue weighted by molar-refractivity contribution is 6.30. The van der Waals surface area contributed by atoms with Gasteiger partial charge in [0.25, 0.3) is 0 Å². The molecule has 0 saturated carbocycles. The van der Waals surface area contributed by atoms with Gasteiger partial charge in [-0.2, -0.15) is 0 Å². The summed E-state index contributed by atoms with van der Waals surface area (Å²) in [5.74, 6) is 0.882. The number of hydrogen-bond acceptors (Lipinski definition) is 4. The molecule has 1 aliphatic heterocycles. The van der Waals surface area contributed by atoms with Crippen molar-refractivity contribution in [1.29, 1.82) is 0 Å². The van der Waals surface area contributed by atoms with E-state index in [4.69, 9.17) is 11.6 Å². The van der Waals surface area contributed by atoms with Gasteiger partial charge in [0.05, 0.1) is 0 Å². The highest BCUT2D eigenvalue weighted by Crippen LogP contribution is 2.26. The standard InChI is InChI=1S/C19H20ClN5.2ClH/c20-17-3-1-2-16(10-17)18-12-21-6-8-24(18)13-15-4-5-19(23-11-15)25-9-7-22-14-25;;/h1-5,7,9-11,14,18,21H,6,8,12-13H2;2*1H. The third-order valence-corrected chi connectivity index (χ3v) is 4.79. The number of nitrogens with one attached hydrogen (secondary N) is 1. The molecule has 8 heteroatoms. The van der Waals surface area contributed by atoms with Crippen molar-refractivity contribution in [2.24, 2.45) is 0 Å². The van der Waals surface area contributed by atoms with Crippen molar-refractivity contribution in [2.45, 2.75) is 12.6 Å². The second-order valence-corrected chi connectivity index (χ2v) is 6.68. The van der Waals surface area contributed by atoms with Crippen molar-refractivity contribution in [1.82, 2.24) is 24.8 Å². The van der Waals surface area contributed by atoms with E-state index in [0.29, 0.717) is 6.04 Å². The third kappa shape index (κ3) is 5.21. The zero-order valence-corrected chi connectivity index (χ0v) is 17.1. The Morgan fingerprint density at radius 3 is 2.78 bits per heavy atom. The van der Waals surface area contributed by atoms with Crippen molar-refractivity contribution >= 4 is 36.4 Å². The maximum absolute atomic E-state index is 6.18. The minimum atomic E-state index is 0. The summed E-state index contributed by atoms with van der Waals surface area (Å²) < 4.78 is 1.91. The van der Waals surface area contributed by atoms with Crippen LogP contribution in [-0.2, 0) is 6.54 Å². The molecule has 0 aliphatic carbocycles. The fraction of sp³-hybridized carbons (Fsp3) is 0.263. The molecule has 1 fully saturated rings. The fourth-order valence-electron chi connectivity index (χ4n) is 3.27. The van der Waals surface area contributed by atoms with E-state index >= 15 is 0 Å². The predicted molar refractivity (Wildman–Crippen MR) is 113 cm³/mol. The minimum absolute atomic E-state index is 0. The highest BCUT2D eigenvalue weighted by atomic mass is 35.5. The van der Waals surface area contributed by atoms with E-state index < -0.39 is 0 Å². The van der Waals surface area contributed by atoms with Crippen LogP contribution in [0, 0.1) is 0 Å². The van der Waals surface area contributed by atoms with Gasteiger partial charge in [0.2, 0.25) is 0 Å².